The van der Waals surface area contributed by atoms with Gasteiger partial charge in [-0.15, -0.1) is 0 Å². The molecular weight excluding hydrogens is 202 g/mol. The van der Waals surface area contributed by atoms with Gasteiger partial charge in [0.25, 0.3) is 11.7 Å². The quantitative estimate of drug-likeness (QED) is 0.520. The zero-order valence-electron chi connectivity index (χ0n) is 8.11. The van der Waals surface area contributed by atoms with E-state index in [2.05, 4.69) is 20.8 Å². The molecule has 0 atom stereocenters. The summed E-state index contributed by atoms with van der Waals surface area (Å²) in [7, 11) is 1.46. The molecule has 0 fully saturated rings. The lowest BCUT2D eigenvalue weighted by Gasteiger charge is -1.95. The third-order valence-electron chi connectivity index (χ3n) is 1.47. The summed E-state index contributed by atoms with van der Waals surface area (Å²) in [5.74, 6) is -0.746. The molecule has 1 rings (SSSR count). The highest BCUT2D eigenvalue weighted by molar-refractivity contribution is 5.89. The summed E-state index contributed by atoms with van der Waals surface area (Å²) in [4.78, 5) is 25.2. The largest absolute Gasteiger partial charge is 0.369 e. The number of rotatable bonds is 5. The number of aromatic nitrogens is 2. The predicted octanol–water partition coefficient (Wildman–Crippen LogP) is -2.00. The fourth-order valence-corrected chi connectivity index (χ4v) is 0.823. The topological polar surface area (TPSA) is 123 Å². The minimum atomic E-state index is -0.485. The van der Waals surface area contributed by atoms with Crippen molar-refractivity contribution in [3.05, 3.63) is 11.7 Å². The van der Waals surface area contributed by atoms with Crippen LogP contribution in [0.15, 0.2) is 4.52 Å². The smallest absolute Gasteiger partial charge is 0.292 e. The maximum atomic E-state index is 11.0. The number of nitrogens with two attached hydrogens (primary N) is 1. The van der Waals surface area contributed by atoms with Crippen LogP contribution >= 0.6 is 0 Å². The fraction of sp³-hybridized carbons (Fsp3) is 0.429. The van der Waals surface area contributed by atoms with E-state index in [-0.39, 0.29) is 24.8 Å². The molecule has 15 heavy (non-hydrogen) atoms. The van der Waals surface area contributed by atoms with Gasteiger partial charge in [-0.3, -0.25) is 14.9 Å². The molecule has 82 valence electrons. The molecule has 0 spiro atoms. The van der Waals surface area contributed by atoms with E-state index in [9.17, 15) is 9.59 Å². The molecule has 4 N–H and O–H groups in total. The summed E-state index contributed by atoms with van der Waals surface area (Å²) < 4.78 is 4.73. The maximum Gasteiger partial charge on any atom is 0.292 e. The summed E-state index contributed by atoms with van der Waals surface area (Å²) in [5.41, 5.74) is 4.90. The molecule has 0 radical (unpaired) electrons. The Hall–Kier alpha value is -1.96. The molecule has 8 heteroatoms. The van der Waals surface area contributed by atoms with E-state index >= 15 is 0 Å². The van der Waals surface area contributed by atoms with Gasteiger partial charge in [0, 0.05) is 7.05 Å². The van der Waals surface area contributed by atoms with E-state index in [1.807, 2.05) is 0 Å². The van der Waals surface area contributed by atoms with Crippen LogP contribution < -0.4 is 16.4 Å². The summed E-state index contributed by atoms with van der Waals surface area (Å²) in [6, 6.07) is 0. The van der Waals surface area contributed by atoms with Crippen molar-refractivity contribution in [2.45, 2.75) is 6.54 Å². The van der Waals surface area contributed by atoms with Crippen molar-refractivity contribution in [3.63, 3.8) is 0 Å². The van der Waals surface area contributed by atoms with Gasteiger partial charge in [0.05, 0.1) is 13.1 Å². The van der Waals surface area contributed by atoms with Crippen LogP contribution in [0.1, 0.15) is 16.5 Å². The van der Waals surface area contributed by atoms with E-state index in [0.717, 1.165) is 0 Å². The van der Waals surface area contributed by atoms with Crippen LogP contribution in [0.4, 0.5) is 0 Å². The Labute approximate surface area is 85.2 Å². The van der Waals surface area contributed by atoms with E-state index in [1.54, 1.807) is 0 Å². The van der Waals surface area contributed by atoms with Crippen LogP contribution in [0.5, 0.6) is 0 Å². The van der Waals surface area contributed by atoms with E-state index in [1.165, 1.54) is 7.05 Å². The minimum Gasteiger partial charge on any atom is -0.369 e. The zero-order valence-corrected chi connectivity index (χ0v) is 8.11. The standard InChI is InChI=1S/C7H11N5O3/c1-9-7(14)6-11-5(15-12-6)3-10-2-4(8)13/h10H,2-3H2,1H3,(H2,8,13)(H,9,14). The van der Waals surface area contributed by atoms with E-state index in [0.29, 0.717) is 0 Å². The zero-order chi connectivity index (χ0) is 11.3. The van der Waals surface area contributed by atoms with E-state index < -0.39 is 11.8 Å². The lowest BCUT2D eigenvalue weighted by molar-refractivity contribution is -0.117. The number of hydrogen-bond donors (Lipinski definition) is 3. The first-order chi connectivity index (χ1) is 7.13. The molecule has 0 unspecified atom stereocenters. The monoisotopic (exact) mass is 213 g/mol. The van der Waals surface area contributed by atoms with Crippen molar-refractivity contribution in [2.24, 2.45) is 5.73 Å². The van der Waals surface area contributed by atoms with Gasteiger partial charge in [0.2, 0.25) is 11.8 Å². The Balaban J connectivity index is 2.46. The first kappa shape index (κ1) is 11.1. The molecule has 1 heterocycles. The number of hydrogen-bond acceptors (Lipinski definition) is 6. The van der Waals surface area contributed by atoms with Gasteiger partial charge in [-0.05, 0) is 0 Å². The van der Waals surface area contributed by atoms with Crippen molar-refractivity contribution in [3.8, 4) is 0 Å². The Morgan fingerprint density at radius 3 is 2.87 bits per heavy atom. The number of nitrogens with one attached hydrogen (secondary N) is 2. The minimum absolute atomic E-state index is 0.0116. The van der Waals surface area contributed by atoms with Crippen LogP contribution in [-0.2, 0) is 11.3 Å². The summed E-state index contributed by atoms with van der Waals surface area (Å²) in [5, 5.41) is 8.45. The Bertz CT molecular complexity index is 361. The summed E-state index contributed by atoms with van der Waals surface area (Å²) >= 11 is 0. The molecule has 0 aliphatic heterocycles. The number of amides is 2. The lowest BCUT2D eigenvalue weighted by atomic mass is 10.5. The Kier molecular flexibility index (Phi) is 3.75. The molecule has 0 saturated carbocycles. The van der Waals surface area contributed by atoms with Crippen LogP contribution in [0, 0.1) is 0 Å². The first-order valence-corrected chi connectivity index (χ1v) is 4.17. The molecular formula is C7H11N5O3. The van der Waals surface area contributed by atoms with Crippen LogP contribution in [0.25, 0.3) is 0 Å². The number of nitrogens with zero attached hydrogens (tertiary/aromatic N) is 2. The highest BCUT2D eigenvalue weighted by Crippen LogP contribution is 1.96. The molecule has 0 aromatic carbocycles. The average molecular weight is 213 g/mol. The second-order valence-corrected chi connectivity index (χ2v) is 2.66. The molecule has 0 aliphatic rings. The van der Waals surface area contributed by atoms with E-state index in [4.69, 9.17) is 10.3 Å². The van der Waals surface area contributed by atoms with Gasteiger partial charge >= 0.3 is 0 Å². The molecule has 0 bridgehead atoms. The van der Waals surface area contributed by atoms with Gasteiger partial charge in [-0.25, -0.2) is 0 Å². The van der Waals surface area contributed by atoms with Crippen molar-refractivity contribution in [1.29, 1.82) is 0 Å². The molecule has 1 aromatic rings. The molecule has 0 saturated heterocycles. The third-order valence-corrected chi connectivity index (χ3v) is 1.47. The third kappa shape index (κ3) is 3.35. The predicted molar refractivity (Wildman–Crippen MR) is 48.6 cm³/mol. The van der Waals surface area contributed by atoms with Crippen LogP contribution in [-0.4, -0.2) is 35.5 Å². The second-order valence-electron chi connectivity index (χ2n) is 2.66. The molecule has 2 amide bonds. The van der Waals surface area contributed by atoms with Crippen molar-refractivity contribution in [1.82, 2.24) is 20.8 Å². The van der Waals surface area contributed by atoms with Crippen molar-refractivity contribution in [2.75, 3.05) is 13.6 Å². The van der Waals surface area contributed by atoms with Crippen LogP contribution in [0.3, 0.4) is 0 Å². The number of carbonyl (C=O) groups excluding carboxylic acids is 2. The number of carbonyl (C=O) groups is 2. The molecule has 0 aliphatic carbocycles. The van der Waals surface area contributed by atoms with Gasteiger partial charge in [0.15, 0.2) is 0 Å². The Morgan fingerprint density at radius 1 is 1.53 bits per heavy atom. The normalized spacial score (nSPS) is 9.93. The number of primary amides is 1. The summed E-state index contributed by atoms with van der Waals surface area (Å²) in [6.07, 6.45) is 0. The van der Waals surface area contributed by atoms with Crippen molar-refractivity contribution < 1.29 is 14.1 Å². The Morgan fingerprint density at radius 2 is 2.27 bits per heavy atom. The summed E-state index contributed by atoms with van der Waals surface area (Å²) in [6.45, 7) is 0.199. The van der Waals surface area contributed by atoms with Crippen LogP contribution in [0.2, 0.25) is 0 Å². The second kappa shape index (κ2) is 5.05. The van der Waals surface area contributed by atoms with Gasteiger partial charge < -0.3 is 15.6 Å². The lowest BCUT2D eigenvalue weighted by Crippen LogP contribution is -2.28. The van der Waals surface area contributed by atoms with Gasteiger partial charge in [-0.1, -0.05) is 5.16 Å². The van der Waals surface area contributed by atoms with Gasteiger partial charge in [-0.2, -0.15) is 4.98 Å². The van der Waals surface area contributed by atoms with Gasteiger partial charge in [0.1, 0.15) is 0 Å². The fourth-order valence-electron chi connectivity index (χ4n) is 0.823. The molecule has 8 nitrogen and oxygen atoms in total. The first-order valence-electron chi connectivity index (χ1n) is 4.17. The average Bonchev–Trinajstić information content (AvgIpc) is 2.65. The SMILES string of the molecule is CNC(=O)c1noc(CNCC(N)=O)n1. The molecule has 1 aromatic heterocycles. The highest BCUT2D eigenvalue weighted by Gasteiger charge is 2.12. The van der Waals surface area contributed by atoms with Crippen molar-refractivity contribution >= 4 is 11.8 Å². The highest BCUT2D eigenvalue weighted by atomic mass is 16.5. The maximum absolute atomic E-state index is 11.0.